The van der Waals surface area contributed by atoms with Gasteiger partial charge in [-0.3, -0.25) is 4.79 Å². The predicted octanol–water partition coefficient (Wildman–Crippen LogP) is 4.69. The normalized spacial score (nSPS) is 14.9. The van der Waals surface area contributed by atoms with Crippen LogP contribution >= 0.6 is 11.6 Å². The van der Waals surface area contributed by atoms with E-state index in [0.717, 1.165) is 48.7 Å². The maximum absolute atomic E-state index is 12.6. The summed E-state index contributed by atoms with van der Waals surface area (Å²) >= 11 is 6.15. The molecule has 0 radical (unpaired) electrons. The molecular formula is C22H23ClN4O. The van der Waals surface area contributed by atoms with Crippen LogP contribution in [0.2, 0.25) is 5.02 Å². The molecule has 0 spiro atoms. The average molecular weight is 395 g/mol. The fourth-order valence-electron chi connectivity index (χ4n) is 3.51. The topological polar surface area (TPSA) is 50.2 Å². The molecule has 0 aliphatic carbocycles. The molecule has 144 valence electrons. The SMILES string of the molecule is Cc1ccc(NC(=O)C2CCN(c3ccc(-n4cccc4)cn3)CC2)cc1Cl. The Morgan fingerprint density at radius 3 is 2.54 bits per heavy atom. The first-order chi connectivity index (χ1) is 13.6. The molecule has 1 fully saturated rings. The number of anilines is 2. The van der Waals surface area contributed by atoms with Gasteiger partial charge >= 0.3 is 0 Å². The Labute approximate surface area is 170 Å². The standard InChI is InChI=1S/C22H23ClN4O/c1-16-4-5-18(14-20(16)23)25-22(28)17-8-12-27(13-9-17)21-7-6-19(15-24-21)26-10-2-3-11-26/h2-7,10-11,14-15,17H,8-9,12-13H2,1H3,(H,25,28). The molecule has 2 aromatic heterocycles. The van der Waals surface area contributed by atoms with Crippen LogP contribution in [0.1, 0.15) is 18.4 Å². The van der Waals surface area contributed by atoms with Crippen LogP contribution in [0.25, 0.3) is 5.69 Å². The van der Waals surface area contributed by atoms with Gasteiger partial charge in [0, 0.05) is 42.1 Å². The van der Waals surface area contributed by atoms with Gasteiger partial charge in [0.1, 0.15) is 5.82 Å². The number of carbonyl (C=O) groups excluding carboxylic acids is 1. The van der Waals surface area contributed by atoms with Gasteiger partial charge in [0.25, 0.3) is 0 Å². The van der Waals surface area contributed by atoms with Gasteiger partial charge in [-0.2, -0.15) is 0 Å². The number of hydrogen-bond donors (Lipinski definition) is 1. The number of benzene rings is 1. The van der Waals surface area contributed by atoms with Crippen molar-refractivity contribution in [2.75, 3.05) is 23.3 Å². The van der Waals surface area contributed by atoms with Crippen molar-refractivity contribution >= 4 is 29.0 Å². The Hall–Kier alpha value is -2.79. The number of pyridine rings is 1. The van der Waals surface area contributed by atoms with Crippen LogP contribution in [0, 0.1) is 12.8 Å². The molecule has 1 N–H and O–H groups in total. The van der Waals surface area contributed by atoms with Crippen molar-refractivity contribution in [2.24, 2.45) is 5.92 Å². The van der Waals surface area contributed by atoms with Crippen molar-refractivity contribution in [3.63, 3.8) is 0 Å². The Kier molecular flexibility index (Phi) is 5.35. The lowest BCUT2D eigenvalue weighted by atomic mass is 9.95. The lowest BCUT2D eigenvalue weighted by molar-refractivity contribution is -0.120. The van der Waals surface area contributed by atoms with Gasteiger partial charge in [-0.15, -0.1) is 0 Å². The van der Waals surface area contributed by atoms with E-state index in [1.54, 1.807) is 6.07 Å². The maximum atomic E-state index is 12.6. The van der Waals surface area contributed by atoms with Crippen LogP contribution in [0.5, 0.6) is 0 Å². The number of halogens is 1. The van der Waals surface area contributed by atoms with E-state index >= 15 is 0 Å². The lowest BCUT2D eigenvalue weighted by Gasteiger charge is -2.32. The third-order valence-corrected chi connectivity index (χ3v) is 5.67. The zero-order valence-corrected chi connectivity index (χ0v) is 16.6. The summed E-state index contributed by atoms with van der Waals surface area (Å²) in [5.74, 6) is 1.03. The van der Waals surface area contributed by atoms with Gasteiger partial charge in [-0.1, -0.05) is 17.7 Å². The fraction of sp³-hybridized carbons (Fsp3) is 0.273. The second-order valence-electron chi connectivity index (χ2n) is 7.18. The van der Waals surface area contributed by atoms with Crippen molar-refractivity contribution in [1.82, 2.24) is 9.55 Å². The van der Waals surface area contributed by atoms with E-state index in [1.165, 1.54) is 0 Å². The average Bonchev–Trinajstić information content (AvgIpc) is 3.26. The Morgan fingerprint density at radius 1 is 1.14 bits per heavy atom. The largest absolute Gasteiger partial charge is 0.357 e. The monoisotopic (exact) mass is 394 g/mol. The van der Waals surface area contributed by atoms with E-state index in [0.29, 0.717) is 5.02 Å². The highest BCUT2D eigenvalue weighted by molar-refractivity contribution is 6.31. The van der Waals surface area contributed by atoms with Crippen molar-refractivity contribution in [1.29, 1.82) is 0 Å². The van der Waals surface area contributed by atoms with E-state index in [1.807, 2.05) is 60.4 Å². The second-order valence-corrected chi connectivity index (χ2v) is 7.59. The summed E-state index contributed by atoms with van der Waals surface area (Å²) in [6.07, 6.45) is 7.51. The lowest BCUT2D eigenvalue weighted by Crippen LogP contribution is -2.38. The van der Waals surface area contributed by atoms with Crippen LogP contribution in [0.15, 0.2) is 61.1 Å². The first-order valence-electron chi connectivity index (χ1n) is 9.51. The molecule has 1 aromatic carbocycles. The van der Waals surface area contributed by atoms with E-state index in [4.69, 9.17) is 11.6 Å². The molecule has 1 saturated heterocycles. The number of carbonyl (C=O) groups is 1. The van der Waals surface area contributed by atoms with E-state index in [9.17, 15) is 4.79 Å². The second kappa shape index (κ2) is 8.07. The molecule has 0 atom stereocenters. The highest BCUT2D eigenvalue weighted by Crippen LogP contribution is 2.25. The van der Waals surface area contributed by atoms with Crippen molar-refractivity contribution in [2.45, 2.75) is 19.8 Å². The van der Waals surface area contributed by atoms with Crippen molar-refractivity contribution in [3.8, 4) is 5.69 Å². The molecule has 0 saturated carbocycles. The third-order valence-electron chi connectivity index (χ3n) is 5.26. The number of piperidine rings is 1. The Morgan fingerprint density at radius 2 is 1.89 bits per heavy atom. The summed E-state index contributed by atoms with van der Waals surface area (Å²) in [6, 6.07) is 13.7. The van der Waals surface area contributed by atoms with E-state index in [2.05, 4.69) is 21.3 Å². The summed E-state index contributed by atoms with van der Waals surface area (Å²) in [5, 5.41) is 3.67. The maximum Gasteiger partial charge on any atom is 0.227 e. The molecule has 3 heterocycles. The molecule has 3 aromatic rings. The number of aryl methyl sites for hydroxylation is 1. The molecule has 1 aliphatic heterocycles. The number of rotatable bonds is 4. The number of nitrogens with zero attached hydrogens (tertiary/aromatic N) is 3. The third kappa shape index (κ3) is 4.04. The first kappa shape index (κ1) is 18.6. The Balaban J connectivity index is 1.33. The zero-order chi connectivity index (χ0) is 19.5. The summed E-state index contributed by atoms with van der Waals surface area (Å²) < 4.78 is 2.03. The first-order valence-corrected chi connectivity index (χ1v) is 9.89. The molecule has 5 nitrogen and oxygen atoms in total. The van der Waals surface area contributed by atoms with Gasteiger partial charge in [0.15, 0.2) is 0 Å². The van der Waals surface area contributed by atoms with Gasteiger partial charge in [0.2, 0.25) is 5.91 Å². The number of nitrogens with one attached hydrogen (secondary N) is 1. The van der Waals surface area contributed by atoms with Crippen LogP contribution in [-0.4, -0.2) is 28.5 Å². The molecule has 0 bridgehead atoms. The van der Waals surface area contributed by atoms with Crippen molar-refractivity contribution < 1.29 is 4.79 Å². The van der Waals surface area contributed by atoms with Crippen molar-refractivity contribution in [3.05, 3.63) is 71.6 Å². The molecule has 1 aliphatic rings. The van der Waals surface area contributed by atoms with Crippen LogP contribution in [-0.2, 0) is 4.79 Å². The summed E-state index contributed by atoms with van der Waals surface area (Å²) in [4.78, 5) is 19.4. The molecule has 28 heavy (non-hydrogen) atoms. The molecule has 1 amide bonds. The minimum atomic E-state index is 0.00970. The highest BCUT2D eigenvalue weighted by Gasteiger charge is 2.25. The Bertz CT molecular complexity index is 945. The number of hydrogen-bond acceptors (Lipinski definition) is 3. The number of amides is 1. The molecule has 6 heteroatoms. The predicted molar refractivity (Wildman–Crippen MR) is 113 cm³/mol. The fourth-order valence-corrected chi connectivity index (χ4v) is 3.69. The molecular weight excluding hydrogens is 372 g/mol. The quantitative estimate of drug-likeness (QED) is 0.698. The van der Waals surface area contributed by atoms with Crippen LogP contribution in [0.4, 0.5) is 11.5 Å². The zero-order valence-electron chi connectivity index (χ0n) is 15.8. The van der Waals surface area contributed by atoms with Crippen LogP contribution in [0.3, 0.4) is 0 Å². The van der Waals surface area contributed by atoms with Gasteiger partial charge in [0.05, 0.1) is 11.9 Å². The summed E-state index contributed by atoms with van der Waals surface area (Å²) in [6.45, 7) is 3.59. The minimum Gasteiger partial charge on any atom is -0.357 e. The summed E-state index contributed by atoms with van der Waals surface area (Å²) in [5.41, 5.74) is 2.80. The van der Waals surface area contributed by atoms with E-state index < -0.39 is 0 Å². The molecule has 4 rings (SSSR count). The van der Waals surface area contributed by atoms with E-state index in [-0.39, 0.29) is 11.8 Å². The molecule has 0 unspecified atom stereocenters. The number of aromatic nitrogens is 2. The van der Waals surface area contributed by atoms with Gasteiger partial charge < -0.3 is 14.8 Å². The minimum absolute atomic E-state index is 0.00970. The summed E-state index contributed by atoms with van der Waals surface area (Å²) in [7, 11) is 0. The van der Waals surface area contributed by atoms with Crippen LogP contribution < -0.4 is 10.2 Å². The van der Waals surface area contributed by atoms with Gasteiger partial charge in [-0.25, -0.2) is 4.98 Å². The van der Waals surface area contributed by atoms with Gasteiger partial charge in [-0.05, 0) is 61.7 Å². The smallest absolute Gasteiger partial charge is 0.227 e. The highest BCUT2D eigenvalue weighted by atomic mass is 35.5.